The third-order valence-corrected chi connectivity index (χ3v) is 4.86. The number of carbonyl (C=O) groups is 1. The molecule has 7 heteroatoms. The summed E-state index contributed by atoms with van der Waals surface area (Å²) in [4.78, 5) is 11.6. The van der Waals surface area contributed by atoms with E-state index in [0.29, 0.717) is 32.1 Å². The van der Waals surface area contributed by atoms with Gasteiger partial charge < -0.3 is 26.2 Å². The summed E-state index contributed by atoms with van der Waals surface area (Å²) < 4.78 is 0. The van der Waals surface area contributed by atoms with Gasteiger partial charge in [-0.25, -0.2) is 0 Å². The Labute approximate surface area is 143 Å². The molecule has 6 nitrogen and oxygen atoms in total. The van der Waals surface area contributed by atoms with Gasteiger partial charge in [0, 0.05) is 6.04 Å². The van der Waals surface area contributed by atoms with E-state index >= 15 is 0 Å². The minimum absolute atomic E-state index is 0.136. The average molecular weight is 334 g/mol. The second kappa shape index (κ2) is 8.62. The van der Waals surface area contributed by atoms with E-state index < -0.39 is 18.6 Å². The van der Waals surface area contributed by atoms with E-state index in [1.54, 1.807) is 0 Å². The molecule has 1 aliphatic rings. The largest absolute Gasteiger partial charge is 0.480 e. The quantitative estimate of drug-likeness (QED) is 0.341. The van der Waals surface area contributed by atoms with E-state index in [1.165, 1.54) is 11.1 Å². The fourth-order valence-corrected chi connectivity index (χ4v) is 3.36. The van der Waals surface area contributed by atoms with E-state index in [9.17, 15) is 9.90 Å². The Morgan fingerprint density at radius 2 is 2.04 bits per heavy atom. The summed E-state index contributed by atoms with van der Waals surface area (Å²) in [5, 5.41) is 30.7. The minimum Gasteiger partial charge on any atom is -0.480 e. The summed E-state index contributed by atoms with van der Waals surface area (Å²) in [6.07, 6.45) is 3.74. The molecule has 2 atom stereocenters. The first-order valence-electron chi connectivity index (χ1n) is 8.62. The number of carboxylic acids is 1. The maximum Gasteiger partial charge on any atom is 0.451 e. The van der Waals surface area contributed by atoms with E-state index in [2.05, 4.69) is 17.4 Å². The van der Waals surface area contributed by atoms with Crippen molar-refractivity contribution in [3.05, 3.63) is 35.4 Å². The lowest BCUT2D eigenvalue weighted by molar-refractivity contribution is -0.144. The summed E-state index contributed by atoms with van der Waals surface area (Å²) in [6.45, 7) is 0.890. The molecule has 0 radical (unpaired) electrons. The SMILES string of the molecule is NC(CCCCB(O)O)(CCC1NCCc2ccccc21)C(=O)O. The van der Waals surface area contributed by atoms with Gasteiger partial charge in [0.2, 0.25) is 0 Å². The second-order valence-corrected chi connectivity index (χ2v) is 6.68. The van der Waals surface area contributed by atoms with Crippen LogP contribution in [0.15, 0.2) is 24.3 Å². The first-order valence-corrected chi connectivity index (χ1v) is 8.62. The predicted octanol–water partition coefficient (Wildman–Crippen LogP) is 1.08. The van der Waals surface area contributed by atoms with Crippen molar-refractivity contribution in [1.82, 2.24) is 5.32 Å². The van der Waals surface area contributed by atoms with Crippen molar-refractivity contribution in [2.45, 2.75) is 56.4 Å². The molecule has 6 N–H and O–H groups in total. The summed E-state index contributed by atoms with van der Waals surface area (Å²) in [5.41, 5.74) is 7.43. The van der Waals surface area contributed by atoms with Crippen molar-refractivity contribution in [2.24, 2.45) is 5.73 Å². The molecule has 2 unspecified atom stereocenters. The van der Waals surface area contributed by atoms with Crippen LogP contribution in [0.3, 0.4) is 0 Å². The highest BCUT2D eigenvalue weighted by molar-refractivity contribution is 6.40. The van der Waals surface area contributed by atoms with Gasteiger partial charge in [0.1, 0.15) is 5.54 Å². The monoisotopic (exact) mass is 334 g/mol. The number of nitrogens with two attached hydrogens (primary N) is 1. The lowest BCUT2D eigenvalue weighted by Gasteiger charge is -2.31. The van der Waals surface area contributed by atoms with Gasteiger partial charge in [0.05, 0.1) is 0 Å². The van der Waals surface area contributed by atoms with Crippen LogP contribution in [0, 0.1) is 0 Å². The second-order valence-electron chi connectivity index (χ2n) is 6.68. The van der Waals surface area contributed by atoms with E-state index in [1.807, 2.05) is 12.1 Å². The van der Waals surface area contributed by atoms with Crippen LogP contribution in [-0.4, -0.2) is 40.3 Å². The number of carboxylic acid groups (broad SMARTS) is 1. The maximum absolute atomic E-state index is 11.6. The summed E-state index contributed by atoms with van der Waals surface area (Å²) in [5.74, 6) is -0.990. The number of hydrogen-bond donors (Lipinski definition) is 5. The van der Waals surface area contributed by atoms with Gasteiger partial charge in [-0.2, -0.15) is 0 Å². The van der Waals surface area contributed by atoms with Crippen LogP contribution in [0.25, 0.3) is 0 Å². The van der Waals surface area contributed by atoms with Gasteiger partial charge >= 0.3 is 13.1 Å². The van der Waals surface area contributed by atoms with Crippen LogP contribution < -0.4 is 11.1 Å². The molecule has 132 valence electrons. The molecule has 1 aliphatic heterocycles. The molecule has 24 heavy (non-hydrogen) atoms. The highest BCUT2D eigenvalue weighted by Gasteiger charge is 2.34. The van der Waals surface area contributed by atoms with Gasteiger partial charge in [-0.05, 0) is 49.7 Å². The summed E-state index contributed by atoms with van der Waals surface area (Å²) in [6, 6.07) is 8.38. The zero-order valence-electron chi connectivity index (χ0n) is 13.9. The molecule has 1 aromatic rings. The third-order valence-electron chi connectivity index (χ3n) is 4.86. The maximum atomic E-state index is 11.6. The number of unbranched alkanes of at least 4 members (excludes halogenated alkanes) is 1. The minimum atomic E-state index is -1.34. The normalized spacial score (nSPS) is 19.4. The van der Waals surface area contributed by atoms with Crippen molar-refractivity contribution in [3.63, 3.8) is 0 Å². The fourth-order valence-electron chi connectivity index (χ4n) is 3.36. The van der Waals surface area contributed by atoms with Crippen LogP contribution in [-0.2, 0) is 11.2 Å². The summed E-state index contributed by atoms with van der Waals surface area (Å²) >= 11 is 0. The molecular weight excluding hydrogens is 307 g/mol. The van der Waals surface area contributed by atoms with E-state index in [0.717, 1.165) is 13.0 Å². The van der Waals surface area contributed by atoms with Gasteiger partial charge in [0.25, 0.3) is 0 Å². The predicted molar refractivity (Wildman–Crippen MR) is 93.5 cm³/mol. The number of rotatable bonds is 9. The molecule has 0 fully saturated rings. The number of benzene rings is 1. The highest BCUT2D eigenvalue weighted by atomic mass is 16.4. The zero-order chi connectivity index (χ0) is 17.6. The van der Waals surface area contributed by atoms with Crippen molar-refractivity contribution >= 4 is 13.1 Å². The number of nitrogens with one attached hydrogen (secondary N) is 1. The van der Waals surface area contributed by atoms with Crippen molar-refractivity contribution in [1.29, 1.82) is 0 Å². The first-order chi connectivity index (χ1) is 11.4. The molecule has 1 heterocycles. The zero-order valence-corrected chi connectivity index (χ0v) is 13.9. The van der Waals surface area contributed by atoms with Gasteiger partial charge in [-0.1, -0.05) is 37.1 Å². The fraction of sp³-hybridized carbons (Fsp3) is 0.588. The Bertz CT molecular complexity index is 555. The molecule has 0 amide bonds. The molecule has 1 aromatic carbocycles. The highest BCUT2D eigenvalue weighted by Crippen LogP contribution is 2.29. The van der Waals surface area contributed by atoms with Crippen LogP contribution in [0.1, 0.15) is 49.3 Å². The molecule has 0 saturated heterocycles. The molecule has 0 aromatic heterocycles. The van der Waals surface area contributed by atoms with E-state index in [-0.39, 0.29) is 12.4 Å². The number of aliphatic carboxylic acids is 1. The van der Waals surface area contributed by atoms with Crippen molar-refractivity contribution in [2.75, 3.05) is 6.54 Å². The average Bonchev–Trinajstić information content (AvgIpc) is 2.56. The van der Waals surface area contributed by atoms with Crippen LogP contribution in [0.5, 0.6) is 0 Å². The smallest absolute Gasteiger partial charge is 0.451 e. The van der Waals surface area contributed by atoms with Crippen LogP contribution in [0.2, 0.25) is 6.32 Å². The Balaban J connectivity index is 1.93. The van der Waals surface area contributed by atoms with Gasteiger partial charge in [-0.3, -0.25) is 4.79 Å². The Hall–Kier alpha value is -1.41. The molecule has 0 spiro atoms. The lowest BCUT2D eigenvalue weighted by atomic mass is 9.80. The molecular formula is C17H27BN2O4. The third kappa shape index (κ3) is 5.04. The topological polar surface area (TPSA) is 116 Å². The Kier molecular flexibility index (Phi) is 6.80. The first kappa shape index (κ1) is 18.9. The Morgan fingerprint density at radius 3 is 2.75 bits per heavy atom. The van der Waals surface area contributed by atoms with Crippen LogP contribution in [0.4, 0.5) is 0 Å². The van der Waals surface area contributed by atoms with E-state index in [4.69, 9.17) is 15.8 Å². The number of fused-ring (bicyclic) bond motifs is 1. The summed E-state index contributed by atoms with van der Waals surface area (Å²) in [7, 11) is -1.34. The lowest BCUT2D eigenvalue weighted by Crippen LogP contribution is -2.48. The standard InChI is InChI=1S/C17H27BN2O4/c19-17(16(21)22,9-3-4-11-18(23)24)10-7-15-14-6-2-1-5-13(14)8-12-20-15/h1-2,5-6,15,20,23-24H,3-4,7-12,19H2,(H,21,22). The number of hydrogen-bond acceptors (Lipinski definition) is 5. The molecule has 0 aliphatic carbocycles. The van der Waals surface area contributed by atoms with Gasteiger partial charge in [0.15, 0.2) is 0 Å². The Morgan fingerprint density at radius 1 is 1.29 bits per heavy atom. The molecule has 0 bridgehead atoms. The van der Waals surface area contributed by atoms with Gasteiger partial charge in [-0.15, -0.1) is 0 Å². The molecule has 0 saturated carbocycles. The van der Waals surface area contributed by atoms with Crippen LogP contribution >= 0.6 is 0 Å². The van der Waals surface area contributed by atoms with Crippen molar-refractivity contribution in [3.8, 4) is 0 Å². The van der Waals surface area contributed by atoms with Crippen molar-refractivity contribution < 1.29 is 19.9 Å². The molecule has 2 rings (SSSR count).